The first-order valence-electron chi connectivity index (χ1n) is 6.25. The van der Waals surface area contributed by atoms with Crippen molar-refractivity contribution >= 4 is 11.5 Å². The molecule has 1 aromatic carbocycles. The quantitative estimate of drug-likeness (QED) is 0.336. The molecule has 0 radical (unpaired) electrons. The van der Waals surface area contributed by atoms with Crippen LogP contribution in [-0.4, -0.2) is 35.8 Å². The number of hydrogen-bond donors (Lipinski definition) is 3. The zero-order valence-corrected chi connectivity index (χ0v) is 11.7. The fourth-order valence-corrected chi connectivity index (χ4v) is 1.81. The van der Waals surface area contributed by atoms with Gasteiger partial charge in [-0.15, -0.1) is 0 Å². The third kappa shape index (κ3) is 4.52. The monoisotopic (exact) mass is 305 g/mol. The fraction of sp³-hybridized carbons (Fsp3) is 0.462. The second kappa shape index (κ2) is 6.66. The maximum Gasteiger partial charge on any atom is 0.416 e. The van der Waals surface area contributed by atoms with Crippen molar-refractivity contribution in [3.05, 3.63) is 29.3 Å². The van der Waals surface area contributed by atoms with Gasteiger partial charge in [0.25, 0.3) is 0 Å². The lowest BCUT2D eigenvalue weighted by Gasteiger charge is -2.23. The zero-order valence-electron chi connectivity index (χ0n) is 11.7. The highest BCUT2D eigenvalue weighted by molar-refractivity contribution is 6.02. The van der Waals surface area contributed by atoms with Gasteiger partial charge in [-0.25, -0.2) is 0 Å². The Labute approximate surface area is 120 Å². The van der Waals surface area contributed by atoms with Crippen molar-refractivity contribution in [2.75, 3.05) is 18.5 Å². The van der Waals surface area contributed by atoms with Crippen molar-refractivity contribution in [1.29, 1.82) is 0 Å². The van der Waals surface area contributed by atoms with Gasteiger partial charge >= 0.3 is 6.18 Å². The molecule has 0 spiro atoms. The summed E-state index contributed by atoms with van der Waals surface area (Å²) >= 11 is 0. The van der Waals surface area contributed by atoms with Gasteiger partial charge in [0.1, 0.15) is 0 Å². The van der Waals surface area contributed by atoms with E-state index in [1.54, 1.807) is 18.9 Å². The number of anilines is 1. The number of hydrogen-bond acceptors (Lipinski definition) is 4. The normalized spacial score (nSPS) is 14.1. The third-order valence-electron chi connectivity index (χ3n) is 3.00. The van der Waals surface area contributed by atoms with Crippen molar-refractivity contribution < 1.29 is 23.5 Å². The molecule has 0 saturated carbocycles. The Balaban J connectivity index is 3.19. The molecule has 5 nitrogen and oxygen atoms in total. The summed E-state index contributed by atoms with van der Waals surface area (Å²) in [4.78, 5) is 1.64. The van der Waals surface area contributed by atoms with Crippen molar-refractivity contribution in [1.82, 2.24) is 0 Å². The molecule has 0 aliphatic carbocycles. The van der Waals surface area contributed by atoms with Crippen LogP contribution in [0.15, 0.2) is 23.4 Å². The van der Waals surface area contributed by atoms with Crippen LogP contribution in [0.5, 0.6) is 0 Å². The molecule has 1 rings (SSSR count). The second-order valence-electron chi connectivity index (χ2n) is 4.77. The maximum atomic E-state index is 12.7. The number of rotatable bonds is 5. The van der Waals surface area contributed by atoms with Crippen LogP contribution in [0.25, 0.3) is 0 Å². The summed E-state index contributed by atoms with van der Waals surface area (Å²) in [7, 11) is 1.65. The molecule has 118 valence electrons. The van der Waals surface area contributed by atoms with Gasteiger partial charge in [0, 0.05) is 24.8 Å². The first-order chi connectivity index (χ1) is 9.66. The molecule has 0 heterocycles. The largest absolute Gasteiger partial charge is 0.416 e. The number of halogens is 3. The van der Waals surface area contributed by atoms with Gasteiger partial charge in [0.15, 0.2) is 5.84 Å². The molecule has 0 aliphatic rings. The molecule has 0 fully saturated rings. The molecule has 0 bridgehead atoms. The van der Waals surface area contributed by atoms with E-state index in [1.165, 1.54) is 6.07 Å². The predicted molar refractivity (Wildman–Crippen MR) is 73.5 cm³/mol. The van der Waals surface area contributed by atoms with Crippen LogP contribution in [0.1, 0.15) is 24.5 Å². The standard InChI is InChI=1S/C13H18F3N3O2/c1-8(20)5-6-19(2)11-4-3-9(13(14,15)16)7-10(11)12(17)18-21/h3-4,7-8,20-21H,5-6H2,1-2H3,(H2,17,18). The fourth-order valence-electron chi connectivity index (χ4n) is 1.81. The van der Waals surface area contributed by atoms with Gasteiger partial charge in [0.2, 0.25) is 0 Å². The molecular weight excluding hydrogens is 287 g/mol. The minimum absolute atomic E-state index is 0.0135. The molecular formula is C13H18F3N3O2. The van der Waals surface area contributed by atoms with Crippen LogP contribution in [0.3, 0.4) is 0 Å². The van der Waals surface area contributed by atoms with Crippen molar-refractivity contribution in [3.8, 4) is 0 Å². The molecule has 0 amide bonds. The van der Waals surface area contributed by atoms with Gasteiger partial charge in [-0.05, 0) is 31.5 Å². The molecule has 0 aliphatic heterocycles. The van der Waals surface area contributed by atoms with Crippen molar-refractivity contribution in [2.45, 2.75) is 25.6 Å². The molecule has 0 saturated heterocycles. The van der Waals surface area contributed by atoms with Crippen molar-refractivity contribution in [2.24, 2.45) is 10.9 Å². The third-order valence-corrected chi connectivity index (χ3v) is 3.00. The average molecular weight is 305 g/mol. The van der Waals surface area contributed by atoms with Gasteiger partial charge < -0.3 is 20.9 Å². The highest BCUT2D eigenvalue weighted by Gasteiger charge is 2.31. The van der Waals surface area contributed by atoms with E-state index in [2.05, 4.69) is 5.16 Å². The maximum absolute atomic E-state index is 12.7. The van der Waals surface area contributed by atoms with Gasteiger partial charge in [-0.2, -0.15) is 13.2 Å². The van der Waals surface area contributed by atoms with Crippen LogP contribution >= 0.6 is 0 Å². The van der Waals surface area contributed by atoms with E-state index in [0.717, 1.165) is 12.1 Å². The molecule has 1 unspecified atom stereocenters. The molecule has 1 atom stereocenters. The van der Waals surface area contributed by atoms with E-state index in [9.17, 15) is 18.3 Å². The first kappa shape index (κ1) is 17.1. The highest BCUT2D eigenvalue weighted by Crippen LogP contribution is 2.32. The number of nitrogens with two attached hydrogens (primary N) is 1. The second-order valence-corrected chi connectivity index (χ2v) is 4.77. The molecule has 0 aromatic heterocycles. The summed E-state index contributed by atoms with van der Waals surface area (Å²) in [5.41, 5.74) is 4.95. The minimum Gasteiger partial charge on any atom is -0.409 e. The molecule has 4 N–H and O–H groups in total. The van der Waals surface area contributed by atoms with Crippen LogP contribution in [-0.2, 0) is 6.18 Å². The summed E-state index contributed by atoms with van der Waals surface area (Å²) in [6.07, 6.45) is -4.61. The van der Waals surface area contributed by atoms with Gasteiger partial charge in [-0.3, -0.25) is 0 Å². The minimum atomic E-state index is -4.51. The number of aliphatic hydroxyl groups excluding tert-OH is 1. The Morgan fingerprint density at radius 2 is 2.05 bits per heavy atom. The summed E-state index contributed by atoms with van der Waals surface area (Å²) in [5.74, 6) is -0.403. The van der Waals surface area contributed by atoms with E-state index in [1.807, 2.05) is 0 Å². The Kier molecular flexibility index (Phi) is 5.42. The Bertz CT molecular complexity index is 516. The number of oxime groups is 1. The average Bonchev–Trinajstić information content (AvgIpc) is 2.42. The van der Waals surface area contributed by atoms with E-state index in [4.69, 9.17) is 10.9 Å². The lowest BCUT2D eigenvalue weighted by atomic mass is 10.1. The van der Waals surface area contributed by atoms with Crippen LogP contribution in [0.2, 0.25) is 0 Å². The summed E-state index contributed by atoms with van der Waals surface area (Å²) in [6, 6.07) is 3.03. The Morgan fingerprint density at radius 3 is 2.52 bits per heavy atom. The van der Waals surface area contributed by atoms with Crippen LogP contribution in [0, 0.1) is 0 Å². The van der Waals surface area contributed by atoms with Crippen LogP contribution < -0.4 is 10.6 Å². The van der Waals surface area contributed by atoms with E-state index in [-0.39, 0.29) is 5.56 Å². The number of benzene rings is 1. The van der Waals surface area contributed by atoms with E-state index < -0.39 is 23.7 Å². The lowest BCUT2D eigenvalue weighted by molar-refractivity contribution is -0.137. The van der Waals surface area contributed by atoms with E-state index >= 15 is 0 Å². The number of aliphatic hydroxyl groups is 1. The first-order valence-corrected chi connectivity index (χ1v) is 6.25. The Hall–Kier alpha value is -1.96. The number of nitrogens with zero attached hydrogens (tertiary/aromatic N) is 2. The van der Waals surface area contributed by atoms with E-state index in [0.29, 0.717) is 18.7 Å². The SMILES string of the molecule is CC(O)CCN(C)c1ccc(C(F)(F)F)cc1/C(N)=N/O. The number of amidine groups is 1. The lowest BCUT2D eigenvalue weighted by Crippen LogP contribution is -2.26. The Morgan fingerprint density at radius 1 is 1.43 bits per heavy atom. The smallest absolute Gasteiger partial charge is 0.409 e. The highest BCUT2D eigenvalue weighted by atomic mass is 19.4. The summed E-state index contributed by atoms with van der Waals surface area (Å²) in [5, 5.41) is 20.8. The van der Waals surface area contributed by atoms with Gasteiger partial charge in [-0.1, -0.05) is 5.16 Å². The van der Waals surface area contributed by atoms with Crippen molar-refractivity contribution in [3.63, 3.8) is 0 Å². The summed E-state index contributed by atoms with van der Waals surface area (Å²) in [6.45, 7) is 2.03. The molecule has 1 aromatic rings. The predicted octanol–water partition coefficient (Wildman–Crippen LogP) is 2.01. The zero-order chi connectivity index (χ0) is 16.2. The topological polar surface area (TPSA) is 82.1 Å². The van der Waals surface area contributed by atoms with Gasteiger partial charge in [0.05, 0.1) is 11.7 Å². The number of alkyl halides is 3. The molecule has 21 heavy (non-hydrogen) atoms. The summed E-state index contributed by atoms with van der Waals surface area (Å²) < 4.78 is 38.2. The van der Waals surface area contributed by atoms with Crippen LogP contribution in [0.4, 0.5) is 18.9 Å². The molecule has 8 heteroatoms.